The first-order valence-electron chi connectivity index (χ1n) is 8.38. The van der Waals surface area contributed by atoms with Crippen LogP contribution in [0.1, 0.15) is 23.7 Å². The maximum Gasteiger partial charge on any atom is 0.258 e. The molecule has 6 nitrogen and oxygen atoms in total. The molecule has 0 saturated carbocycles. The highest BCUT2D eigenvalue weighted by Crippen LogP contribution is 2.30. The van der Waals surface area contributed by atoms with Gasteiger partial charge in [0.25, 0.3) is 5.91 Å². The van der Waals surface area contributed by atoms with Gasteiger partial charge >= 0.3 is 0 Å². The molecule has 0 radical (unpaired) electrons. The second-order valence-electron chi connectivity index (χ2n) is 5.85. The number of carbonyl (C=O) groups excluding carboxylic acids is 2. The molecular formula is C19H19F3N2O4. The van der Waals surface area contributed by atoms with Crippen molar-refractivity contribution in [2.45, 2.75) is 13.3 Å². The van der Waals surface area contributed by atoms with Crippen LogP contribution in [-0.4, -0.2) is 42.0 Å². The molecule has 9 heteroatoms. The fourth-order valence-corrected chi connectivity index (χ4v) is 2.54. The van der Waals surface area contributed by atoms with Crippen molar-refractivity contribution < 1.29 is 32.6 Å². The fraction of sp³-hybridized carbons (Fsp3) is 0.263. The maximum atomic E-state index is 13.7. The van der Waals surface area contributed by atoms with Gasteiger partial charge in [-0.25, -0.2) is 13.2 Å². The van der Waals surface area contributed by atoms with Crippen LogP contribution in [0.4, 0.5) is 18.9 Å². The smallest absolute Gasteiger partial charge is 0.258 e. The quantitative estimate of drug-likeness (QED) is 0.704. The van der Waals surface area contributed by atoms with E-state index in [9.17, 15) is 27.9 Å². The van der Waals surface area contributed by atoms with Crippen molar-refractivity contribution in [3.8, 4) is 11.5 Å². The van der Waals surface area contributed by atoms with Gasteiger partial charge in [-0.3, -0.25) is 9.59 Å². The number of benzene rings is 2. The zero-order valence-electron chi connectivity index (χ0n) is 15.3. The molecule has 2 rings (SSSR count). The number of amides is 2. The molecular weight excluding hydrogens is 377 g/mol. The second-order valence-corrected chi connectivity index (χ2v) is 5.85. The lowest BCUT2D eigenvalue weighted by atomic mass is 10.1. The Bertz CT molecular complexity index is 890. The summed E-state index contributed by atoms with van der Waals surface area (Å²) < 4.78 is 44.9. The lowest BCUT2D eigenvalue weighted by Gasteiger charge is -2.22. The number of carbonyl (C=O) groups is 2. The fourth-order valence-electron chi connectivity index (χ4n) is 2.54. The monoisotopic (exact) mass is 396 g/mol. The first kappa shape index (κ1) is 21.1. The van der Waals surface area contributed by atoms with Gasteiger partial charge in [0.2, 0.25) is 5.91 Å². The van der Waals surface area contributed by atoms with Gasteiger partial charge in [-0.05, 0) is 30.7 Å². The summed E-state index contributed by atoms with van der Waals surface area (Å²) in [6.45, 7) is 1.46. The molecule has 0 fully saturated rings. The van der Waals surface area contributed by atoms with E-state index >= 15 is 0 Å². The van der Waals surface area contributed by atoms with Gasteiger partial charge in [0, 0.05) is 6.54 Å². The van der Waals surface area contributed by atoms with Gasteiger partial charge in [-0.1, -0.05) is 13.0 Å². The number of para-hydroxylation sites is 1. The predicted molar refractivity (Wildman–Crippen MR) is 95.8 cm³/mol. The van der Waals surface area contributed by atoms with Gasteiger partial charge < -0.3 is 20.1 Å². The summed E-state index contributed by atoms with van der Waals surface area (Å²) in [6, 6.07) is 5.90. The van der Waals surface area contributed by atoms with Crippen molar-refractivity contribution in [2.24, 2.45) is 0 Å². The third kappa shape index (κ3) is 4.54. The molecule has 28 heavy (non-hydrogen) atoms. The topological polar surface area (TPSA) is 78.9 Å². The number of hydrogen-bond acceptors (Lipinski definition) is 4. The zero-order chi connectivity index (χ0) is 20.8. The highest BCUT2D eigenvalue weighted by molar-refractivity contribution is 6.01. The first-order chi connectivity index (χ1) is 13.3. The Labute approximate surface area is 159 Å². The number of methoxy groups -OCH3 is 1. The van der Waals surface area contributed by atoms with Crippen molar-refractivity contribution in [1.29, 1.82) is 0 Å². The Kier molecular flexibility index (Phi) is 6.86. The van der Waals surface area contributed by atoms with Crippen LogP contribution in [-0.2, 0) is 4.79 Å². The second kappa shape index (κ2) is 9.12. The number of anilines is 1. The van der Waals surface area contributed by atoms with Crippen LogP contribution < -0.4 is 10.1 Å². The summed E-state index contributed by atoms with van der Waals surface area (Å²) in [5, 5.41) is 12.2. The van der Waals surface area contributed by atoms with E-state index in [1.165, 1.54) is 25.3 Å². The minimum absolute atomic E-state index is 0.0698. The average molecular weight is 396 g/mol. The Morgan fingerprint density at radius 3 is 2.50 bits per heavy atom. The molecule has 2 N–H and O–H groups in total. The highest BCUT2D eigenvalue weighted by atomic mass is 19.2. The molecule has 0 aliphatic heterocycles. The molecule has 150 valence electrons. The number of nitrogens with zero attached hydrogens (tertiary/aromatic N) is 1. The number of hydrogen-bond donors (Lipinski definition) is 2. The highest BCUT2D eigenvalue weighted by Gasteiger charge is 2.23. The standard InChI is InChI=1S/C19H19F3N2O4/c1-3-9-24(19(27)11-5-4-6-14(28-2)18(11)26)10-15(25)23-13-8-7-12(20)16(21)17(13)22/h4-8,26H,3,9-10H2,1-2H3,(H,23,25). The number of rotatable bonds is 7. The van der Waals surface area contributed by atoms with E-state index in [1.54, 1.807) is 6.92 Å². The normalized spacial score (nSPS) is 10.5. The molecule has 2 amide bonds. The Hall–Kier alpha value is -3.23. The summed E-state index contributed by atoms with van der Waals surface area (Å²) in [7, 11) is 1.33. The minimum atomic E-state index is -1.71. The average Bonchev–Trinajstić information content (AvgIpc) is 2.68. The van der Waals surface area contributed by atoms with Crippen molar-refractivity contribution in [3.05, 3.63) is 53.3 Å². The third-order valence-electron chi connectivity index (χ3n) is 3.87. The van der Waals surface area contributed by atoms with Crippen molar-refractivity contribution in [2.75, 3.05) is 25.5 Å². The summed E-state index contributed by atoms with van der Waals surface area (Å²) in [5.41, 5.74) is -0.614. The number of phenolic OH excluding ortho intramolecular Hbond substituents is 1. The lowest BCUT2D eigenvalue weighted by molar-refractivity contribution is -0.116. The molecule has 0 saturated heterocycles. The van der Waals surface area contributed by atoms with E-state index in [4.69, 9.17) is 4.74 Å². The van der Waals surface area contributed by atoms with E-state index in [0.29, 0.717) is 12.5 Å². The molecule has 0 aliphatic carbocycles. The molecule has 0 aliphatic rings. The summed E-state index contributed by atoms with van der Waals surface area (Å²) in [6.07, 6.45) is 0.503. The molecule has 0 aromatic heterocycles. The Balaban J connectivity index is 2.19. The number of aromatic hydroxyl groups is 1. The minimum Gasteiger partial charge on any atom is -0.504 e. The van der Waals surface area contributed by atoms with Crippen LogP contribution in [0.15, 0.2) is 30.3 Å². The van der Waals surface area contributed by atoms with Crippen LogP contribution in [0.5, 0.6) is 11.5 Å². The van der Waals surface area contributed by atoms with Crippen LogP contribution in [0.2, 0.25) is 0 Å². The number of ether oxygens (including phenoxy) is 1. The van der Waals surface area contributed by atoms with E-state index in [0.717, 1.165) is 11.0 Å². The van der Waals surface area contributed by atoms with Crippen molar-refractivity contribution in [1.82, 2.24) is 4.90 Å². The van der Waals surface area contributed by atoms with Crippen LogP contribution >= 0.6 is 0 Å². The SMILES string of the molecule is CCCN(CC(=O)Nc1ccc(F)c(F)c1F)C(=O)c1cccc(OC)c1O. The Morgan fingerprint density at radius 1 is 1.14 bits per heavy atom. The Morgan fingerprint density at radius 2 is 1.86 bits per heavy atom. The van der Waals surface area contributed by atoms with Crippen molar-refractivity contribution >= 4 is 17.5 Å². The molecule has 2 aromatic rings. The van der Waals surface area contributed by atoms with Gasteiger partial charge in [-0.15, -0.1) is 0 Å². The van der Waals surface area contributed by atoms with Gasteiger partial charge in [-0.2, -0.15) is 0 Å². The van der Waals surface area contributed by atoms with Crippen LogP contribution in [0, 0.1) is 17.5 Å². The first-order valence-corrected chi connectivity index (χ1v) is 8.38. The lowest BCUT2D eigenvalue weighted by Crippen LogP contribution is -2.38. The largest absolute Gasteiger partial charge is 0.504 e. The molecule has 0 bridgehead atoms. The van der Waals surface area contributed by atoms with E-state index in [1.807, 2.05) is 0 Å². The summed E-state index contributed by atoms with van der Waals surface area (Å²) >= 11 is 0. The molecule has 0 atom stereocenters. The van der Waals surface area contributed by atoms with E-state index < -0.39 is 41.5 Å². The molecule has 2 aromatic carbocycles. The maximum absolute atomic E-state index is 13.7. The van der Waals surface area contributed by atoms with Gasteiger partial charge in [0.15, 0.2) is 29.0 Å². The summed E-state index contributed by atoms with van der Waals surface area (Å²) in [4.78, 5) is 26.1. The van der Waals surface area contributed by atoms with E-state index in [-0.39, 0.29) is 23.6 Å². The molecule has 0 heterocycles. The van der Waals surface area contributed by atoms with Crippen LogP contribution in [0.25, 0.3) is 0 Å². The third-order valence-corrected chi connectivity index (χ3v) is 3.87. The van der Waals surface area contributed by atoms with Gasteiger partial charge in [0.05, 0.1) is 18.4 Å². The van der Waals surface area contributed by atoms with E-state index in [2.05, 4.69) is 5.32 Å². The predicted octanol–water partition coefficient (Wildman–Crippen LogP) is 3.31. The van der Waals surface area contributed by atoms with Crippen LogP contribution in [0.3, 0.4) is 0 Å². The molecule has 0 spiro atoms. The van der Waals surface area contributed by atoms with Gasteiger partial charge in [0.1, 0.15) is 6.54 Å². The van der Waals surface area contributed by atoms with Crippen molar-refractivity contribution in [3.63, 3.8) is 0 Å². The number of nitrogens with one attached hydrogen (secondary N) is 1. The number of phenols is 1. The number of halogens is 3. The summed E-state index contributed by atoms with van der Waals surface area (Å²) in [5.74, 6) is -6.36. The molecule has 0 unspecified atom stereocenters. The zero-order valence-corrected chi connectivity index (χ0v) is 15.3.